The highest BCUT2D eigenvalue weighted by Crippen LogP contribution is 2.05. The van der Waals surface area contributed by atoms with E-state index in [4.69, 9.17) is 5.11 Å². The van der Waals surface area contributed by atoms with Crippen LogP contribution in [0.15, 0.2) is 11.6 Å². The van der Waals surface area contributed by atoms with E-state index in [1.165, 1.54) is 0 Å². The normalized spacial score (nSPS) is 11.8. The van der Waals surface area contributed by atoms with E-state index in [2.05, 4.69) is 10.1 Å². The number of carboxylic acid groups (broad SMARTS) is 1. The molecule has 0 fully saturated rings. The fourth-order valence-electron chi connectivity index (χ4n) is 1.56. The third-order valence-electron chi connectivity index (χ3n) is 2.59. The molecule has 94 valence electrons. The van der Waals surface area contributed by atoms with Gasteiger partial charge >= 0.3 is 5.97 Å². The van der Waals surface area contributed by atoms with Crippen LogP contribution >= 0.6 is 0 Å². The van der Waals surface area contributed by atoms with Crippen LogP contribution in [0.1, 0.15) is 38.8 Å². The summed E-state index contributed by atoms with van der Waals surface area (Å²) in [5.41, 5.74) is 0.417. The molecule has 5 nitrogen and oxygen atoms in total. The van der Waals surface area contributed by atoms with Crippen LogP contribution in [0.4, 0.5) is 0 Å². The van der Waals surface area contributed by atoms with Crippen molar-refractivity contribution in [3.8, 4) is 0 Å². The maximum atomic E-state index is 10.9. The second-order valence-electron chi connectivity index (χ2n) is 3.72. The molecule has 0 unspecified atom stereocenters. The quantitative estimate of drug-likeness (QED) is 0.766. The Bertz CT molecular complexity index is 421. The first-order chi connectivity index (χ1) is 8.12. The van der Waals surface area contributed by atoms with Gasteiger partial charge in [0.2, 0.25) is 0 Å². The highest BCUT2D eigenvalue weighted by Gasteiger charge is 2.08. The second kappa shape index (κ2) is 6.18. The van der Waals surface area contributed by atoms with E-state index in [0.29, 0.717) is 18.5 Å². The van der Waals surface area contributed by atoms with E-state index >= 15 is 0 Å². The molecule has 0 aliphatic heterocycles. The van der Waals surface area contributed by atoms with Crippen LogP contribution in [-0.4, -0.2) is 25.8 Å². The van der Waals surface area contributed by atoms with Gasteiger partial charge in [-0.2, -0.15) is 5.10 Å². The van der Waals surface area contributed by atoms with E-state index in [-0.39, 0.29) is 0 Å². The topological polar surface area (TPSA) is 68.0 Å². The number of carbonyl (C=O) groups is 1. The molecule has 1 heterocycles. The third kappa shape index (κ3) is 3.41. The number of aromatic nitrogens is 3. The summed E-state index contributed by atoms with van der Waals surface area (Å²) < 4.78 is 1.78. The van der Waals surface area contributed by atoms with E-state index in [9.17, 15) is 4.79 Å². The van der Waals surface area contributed by atoms with E-state index in [1.807, 2.05) is 20.8 Å². The number of carboxylic acids is 1. The minimum Gasteiger partial charge on any atom is -0.478 e. The Morgan fingerprint density at radius 3 is 2.53 bits per heavy atom. The van der Waals surface area contributed by atoms with Gasteiger partial charge in [-0.05, 0) is 6.42 Å². The van der Waals surface area contributed by atoms with Crippen molar-refractivity contribution >= 4 is 5.97 Å². The van der Waals surface area contributed by atoms with E-state index < -0.39 is 5.97 Å². The first kappa shape index (κ1) is 13.4. The molecule has 1 rings (SSSR count). The summed E-state index contributed by atoms with van der Waals surface area (Å²) >= 11 is 0. The molecule has 0 bridgehead atoms. The summed E-state index contributed by atoms with van der Waals surface area (Å²) in [5.74, 6) is 0.851. The van der Waals surface area contributed by atoms with Crippen molar-refractivity contribution in [3.63, 3.8) is 0 Å². The number of aryl methyl sites for hydroxylation is 2. The highest BCUT2D eigenvalue weighted by atomic mass is 16.4. The van der Waals surface area contributed by atoms with Gasteiger partial charge in [-0.3, -0.25) is 0 Å². The number of rotatable bonds is 6. The molecule has 17 heavy (non-hydrogen) atoms. The zero-order valence-electron chi connectivity index (χ0n) is 10.6. The predicted molar refractivity (Wildman–Crippen MR) is 64.8 cm³/mol. The Balaban J connectivity index is 2.87. The Hall–Kier alpha value is -1.65. The molecule has 0 aromatic carbocycles. The Morgan fingerprint density at radius 2 is 2.06 bits per heavy atom. The average molecular weight is 237 g/mol. The molecule has 0 radical (unpaired) electrons. The molecule has 0 aliphatic carbocycles. The molecule has 1 aromatic heterocycles. The number of aliphatic carboxylic acids is 1. The molecule has 0 saturated heterocycles. The highest BCUT2D eigenvalue weighted by molar-refractivity contribution is 5.86. The van der Waals surface area contributed by atoms with Gasteiger partial charge in [0, 0.05) is 18.4 Å². The monoisotopic (exact) mass is 237 g/mol. The van der Waals surface area contributed by atoms with Crippen LogP contribution < -0.4 is 0 Å². The van der Waals surface area contributed by atoms with E-state index in [1.54, 1.807) is 10.8 Å². The maximum absolute atomic E-state index is 10.9. The van der Waals surface area contributed by atoms with Gasteiger partial charge in [0.15, 0.2) is 5.82 Å². The van der Waals surface area contributed by atoms with Gasteiger partial charge in [0.25, 0.3) is 0 Å². The smallest absolute Gasteiger partial charge is 0.331 e. The predicted octanol–water partition coefficient (Wildman–Crippen LogP) is 1.82. The molecular weight excluding hydrogens is 218 g/mol. The van der Waals surface area contributed by atoms with Gasteiger partial charge in [-0.1, -0.05) is 26.8 Å². The first-order valence-corrected chi connectivity index (χ1v) is 5.97. The Morgan fingerprint density at radius 1 is 1.35 bits per heavy atom. The van der Waals surface area contributed by atoms with Crippen LogP contribution in [0.5, 0.6) is 0 Å². The summed E-state index contributed by atoms with van der Waals surface area (Å²) in [4.78, 5) is 15.2. The summed E-state index contributed by atoms with van der Waals surface area (Å²) in [6.07, 6.45) is 3.82. The second-order valence-corrected chi connectivity index (χ2v) is 3.72. The number of allylic oxidation sites excluding steroid dienone is 1. The molecule has 1 aromatic rings. The zero-order chi connectivity index (χ0) is 12.8. The van der Waals surface area contributed by atoms with E-state index in [0.717, 1.165) is 24.5 Å². The van der Waals surface area contributed by atoms with Gasteiger partial charge in [-0.15, -0.1) is 0 Å². The first-order valence-electron chi connectivity index (χ1n) is 5.97. The molecule has 0 amide bonds. The SMILES string of the molecule is CCC(=CCn1nc(CC)nc1CC)C(=O)O. The van der Waals surface area contributed by atoms with Crippen LogP contribution in [0.2, 0.25) is 0 Å². The van der Waals surface area contributed by atoms with Crippen molar-refractivity contribution in [2.45, 2.75) is 46.6 Å². The number of nitrogens with zero attached hydrogens (tertiary/aromatic N) is 3. The molecule has 0 atom stereocenters. The number of hydrogen-bond acceptors (Lipinski definition) is 3. The largest absolute Gasteiger partial charge is 0.478 e. The minimum atomic E-state index is -0.860. The maximum Gasteiger partial charge on any atom is 0.331 e. The average Bonchev–Trinajstić information content (AvgIpc) is 2.72. The molecule has 1 N–H and O–H groups in total. The molecule has 5 heteroatoms. The summed E-state index contributed by atoms with van der Waals surface area (Å²) in [7, 11) is 0. The standard InChI is InChI=1S/C12H19N3O2/c1-4-9(12(16)17)7-8-15-11(6-3)13-10(5-2)14-15/h7H,4-6,8H2,1-3H3,(H,16,17). The molecule has 0 spiro atoms. The van der Waals surface area contributed by atoms with Crippen molar-refractivity contribution < 1.29 is 9.90 Å². The third-order valence-corrected chi connectivity index (χ3v) is 2.59. The van der Waals surface area contributed by atoms with Gasteiger partial charge in [0.1, 0.15) is 5.82 Å². The van der Waals surface area contributed by atoms with Crippen molar-refractivity contribution in [2.24, 2.45) is 0 Å². The lowest BCUT2D eigenvalue weighted by Gasteiger charge is -2.01. The Labute approximate surface area is 101 Å². The fourth-order valence-corrected chi connectivity index (χ4v) is 1.56. The van der Waals surface area contributed by atoms with Crippen LogP contribution in [0.25, 0.3) is 0 Å². The zero-order valence-corrected chi connectivity index (χ0v) is 10.6. The summed E-state index contributed by atoms with van der Waals surface area (Å²) in [6.45, 7) is 6.33. The van der Waals surface area contributed by atoms with Crippen molar-refractivity contribution in [2.75, 3.05) is 0 Å². The minimum absolute atomic E-state index is 0.417. The van der Waals surface area contributed by atoms with Gasteiger partial charge in [-0.25, -0.2) is 14.5 Å². The van der Waals surface area contributed by atoms with Gasteiger partial charge in [0.05, 0.1) is 6.54 Å². The molecular formula is C12H19N3O2. The molecule has 0 aliphatic rings. The van der Waals surface area contributed by atoms with Crippen LogP contribution in [0.3, 0.4) is 0 Å². The van der Waals surface area contributed by atoms with Crippen molar-refractivity contribution in [1.29, 1.82) is 0 Å². The lowest BCUT2D eigenvalue weighted by Crippen LogP contribution is -2.06. The number of hydrogen-bond donors (Lipinski definition) is 1. The lowest BCUT2D eigenvalue weighted by molar-refractivity contribution is -0.132. The van der Waals surface area contributed by atoms with Crippen LogP contribution in [0, 0.1) is 0 Å². The summed E-state index contributed by atoms with van der Waals surface area (Å²) in [5, 5.41) is 13.2. The Kier molecular flexibility index (Phi) is 4.87. The lowest BCUT2D eigenvalue weighted by atomic mass is 10.2. The van der Waals surface area contributed by atoms with Crippen LogP contribution in [-0.2, 0) is 24.2 Å². The van der Waals surface area contributed by atoms with Crippen molar-refractivity contribution in [3.05, 3.63) is 23.3 Å². The fraction of sp³-hybridized carbons (Fsp3) is 0.583. The molecule has 0 saturated carbocycles. The van der Waals surface area contributed by atoms with Crippen molar-refractivity contribution in [1.82, 2.24) is 14.8 Å². The summed E-state index contributed by atoms with van der Waals surface area (Å²) in [6, 6.07) is 0. The van der Waals surface area contributed by atoms with Gasteiger partial charge < -0.3 is 5.11 Å².